The van der Waals surface area contributed by atoms with E-state index in [2.05, 4.69) is 10.6 Å². The molecule has 6 N–H and O–H groups in total. The molecule has 4 amide bonds. The topological polar surface area (TPSA) is 191 Å². The van der Waals surface area contributed by atoms with Gasteiger partial charge >= 0.3 is 12.1 Å². The number of benzene rings is 3. The second-order valence-corrected chi connectivity index (χ2v) is 10.9. The van der Waals surface area contributed by atoms with Crippen molar-refractivity contribution in [2.75, 3.05) is 10.6 Å². The average Bonchev–Trinajstić information content (AvgIpc) is 2.76. The van der Waals surface area contributed by atoms with Crippen LogP contribution in [0.5, 0.6) is 11.5 Å². The lowest BCUT2D eigenvalue weighted by Gasteiger charge is -2.13. The van der Waals surface area contributed by atoms with Gasteiger partial charge < -0.3 is 20.8 Å². The predicted molar refractivity (Wildman–Crippen MR) is 131 cm³/mol. The predicted octanol–water partition coefficient (Wildman–Crippen LogP) is 2.74. The summed E-state index contributed by atoms with van der Waals surface area (Å²) in [4.78, 5) is 24.0. The van der Waals surface area contributed by atoms with Gasteiger partial charge in [0.05, 0.1) is 9.79 Å². The van der Waals surface area contributed by atoms with Gasteiger partial charge in [0.1, 0.15) is 11.5 Å². The summed E-state index contributed by atoms with van der Waals surface area (Å²) in [5.41, 5.74) is 0.780. The SMILES string of the molecule is Cc1ccc(O)cc1S(=O)(=O)NC(=O)Nc1cccc(NC(=O)NS(=O)(=O)c2cc(O)ccc2C)c1. The van der Waals surface area contributed by atoms with Gasteiger partial charge in [-0.2, -0.15) is 0 Å². The normalized spacial score (nSPS) is 11.4. The molecule has 0 fully saturated rings. The van der Waals surface area contributed by atoms with Gasteiger partial charge in [0, 0.05) is 23.5 Å². The third-order valence-electron chi connectivity index (χ3n) is 4.75. The Bertz CT molecular complexity index is 1440. The number of rotatable bonds is 6. The number of urea groups is 2. The minimum atomic E-state index is -4.30. The van der Waals surface area contributed by atoms with Gasteiger partial charge in [0.25, 0.3) is 20.0 Å². The Morgan fingerprint density at radius 2 is 1.03 bits per heavy atom. The fourth-order valence-electron chi connectivity index (χ4n) is 3.10. The van der Waals surface area contributed by atoms with E-state index in [-0.39, 0.29) is 32.7 Å². The van der Waals surface area contributed by atoms with E-state index in [0.29, 0.717) is 11.1 Å². The maximum Gasteiger partial charge on any atom is 0.333 e. The number of nitrogens with one attached hydrogen (secondary N) is 4. The Morgan fingerprint density at radius 3 is 1.42 bits per heavy atom. The van der Waals surface area contributed by atoms with Crippen LogP contribution in [0.2, 0.25) is 0 Å². The van der Waals surface area contributed by atoms with Crippen LogP contribution in [0.1, 0.15) is 11.1 Å². The maximum absolute atomic E-state index is 12.5. The van der Waals surface area contributed by atoms with Crippen LogP contribution in [0.25, 0.3) is 0 Å². The summed E-state index contributed by atoms with van der Waals surface area (Å²) in [7, 11) is -8.60. The van der Waals surface area contributed by atoms with Crippen LogP contribution in [0.3, 0.4) is 0 Å². The minimum Gasteiger partial charge on any atom is -0.508 e. The lowest BCUT2D eigenvalue weighted by molar-refractivity contribution is 0.255. The number of amides is 4. The maximum atomic E-state index is 12.5. The zero-order valence-corrected chi connectivity index (χ0v) is 20.6. The van der Waals surface area contributed by atoms with Crippen molar-refractivity contribution in [1.82, 2.24) is 9.44 Å². The van der Waals surface area contributed by atoms with Crippen molar-refractivity contribution in [1.29, 1.82) is 0 Å². The summed E-state index contributed by atoms with van der Waals surface area (Å²) in [5.74, 6) is -0.584. The third kappa shape index (κ3) is 6.43. The van der Waals surface area contributed by atoms with E-state index in [4.69, 9.17) is 0 Å². The monoisotopic (exact) mass is 534 g/mol. The van der Waals surface area contributed by atoms with Crippen LogP contribution in [0.15, 0.2) is 70.5 Å². The number of hydrogen-bond donors (Lipinski definition) is 6. The molecule has 0 aliphatic carbocycles. The molecule has 12 nitrogen and oxygen atoms in total. The summed E-state index contributed by atoms with van der Waals surface area (Å²) in [6.07, 6.45) is 0. The molecule has 0 aliphatic rings. The summed E-state index contributed by atoms with van der Waals surface area (Å²) < 4.78 is 53.6. The Balaban J connectivity index is 1.68. The molecule has 14 heteroatoms. The van der Waals surface area contributed by atoms with E-state index in [1.54, 1.807) is 0 Å². The van der Waals surface area contributed by atoms with Crippen molar-refractivity contribution in [3.05, 3.63) is 71.8 Å². The molecular formula is C22H22N4O8S2. The number of carbonyl (C=O) groups excluding carboxylic acids is 2. The lowest BCUT2D eigenvalue weighted by atomic mass is 10.2. The lowest BCUT2D eigenvalue weighted by Crippen LogP contribution is -2.35. The zero-order chi connectivity index (χ0) is 26.7. The quantitative estimate of drug-likeness (QED) is 0.278. The van der Waals surface area contributed by atoms with Crippen molar-refractivity contribution < 1.29 is 36.6 Å². The van der Waals surface area contributed by atoms with Crippen molar-refractivity contribution >= 4 is 43.5 Å². The summed E-state index contributed by atoms with van der Waals surface area (Å²) >= 11 is 0. The minimum absolute atomic E-state index is 0.0832. The fraction of sp³-hybridized carbons (Fsp3) is 0.0909. The summed E-state index contributed by atoms with van der Waals surface area (Å²) in [5, 5.41) is 23.7. The first kappa shape index (κ1) is 26.3. The highest BCUT2D eigenvalue weighted by Gasteiger charge is 2.22. The highest BCUT2D eigenvalue weighted by molar-refractivity contribution is 7.90. The van der Waals surface area contributed by atoms with Crippen LogP contribution in [-0.2, 0) is 20.0 Å². The van der Waals surface area contributed by atoms with Gasteiger partial charge in [0.2, 0.25) is 0 Å². The van der Waals surface area contributed by atoms with E-state index < -0.39 is 32.1 Å². The van der Waals surface area contributed by atoms with Crippen LogP contribution < -0.4 is 20.1 Å². The van der Waals surface area contributed by atoms with Gasteiger partial charge in [-0.25, -0.2) is 35.9 Å². The second kappa shape index (κ2) is 10.1. The van der Waals surface area contributed by atoms with E-state index in [1.165, 1.54) is 62.4 Å². The van der Waals surface area contributed by atoms with E-state index in [9.17, 15) is 36.6 Å². The molecule has 3 aromatic carbocycles. The number of sulfonamides is 2. The summed E-state index contributed by atoms with van der Waals surface area (Å²) in [6, 6.07) is 10.6. The number of hydrogen-bond acceptors (Lipinski definition) is 8. The van der Waals surface area contributed by atoms with Gasteiger partial charge in [-0.05, 0) is 55.3 Å². The Labute approximate surface area is 207 Å². The number of phenols is 2. The van der Waals surface area contributed by atoms with E-state index >= 15 is 0 Å². The first-order valence-electron chi connectivity index (χ1n) is 10.1. The van der Waals surface area contributed by atoms with Gasteiger partial charge in [0.15, 0.2) is 0 Å². The Morgan fingerprint density at radius 1 is 0.639 bits per heavy atom. The number of aryl methyl sites for hydroxylation is 2. The molecule has 3 aromatic rings. The van der Waals surface area contributed by atoms with Gasteiger partial charge in [-0.3, -0.25) is 0 Å². The molecule has 0 radical (unpaired) electrons. The molecule has 0 aliphatic heterocycles. The van der Waals surface area contributed by atoms with E-state index in [1.807, 2.05) is 9.44 Å². The first-order valence-corrected chi connectivity index (χ1v) is 13.1. The Kier molecular flexibility index (Phi) is 7.40. The molecule has 0 spiro atoms. The summed E-state index contributed by atoms with van der Waals surface area (Å²) in [6.45, 7) is 2.99. The standard InChI is InChI=1S/C22H22N4O8S2/c1-13-6-8-17(27)11-19(13)35(31,32)25-21(29)23-15-4-3-5-16(10-15)24-22(30)26-36(33,34)20-12-18(28)9-7-14(20)2/h3-12,27-28H,1-2H3,(H2,23,25,29)(H2,24,26,30). The molecule has 0 bridgehead atoms. The molecular weight excluding hydrogens is 512 g/mol. The Hall–Kier alpha value is -4.30. The molecule has 0 saturated heterocycles. The van der Waals surface area contributed by atoms with Crippen LogP contribution in [0, 0.1) is 13.8 Å². The highest BCUT2D eigenvalue weighted by atomic mass is 32.2. The van der Waals surface area contributed by atoms with Crippen molar-refractivity contribution in [2.45, 2.75) is 23.6 Å². The van der Waals surface area contributed by atoms with Gasteiger partial charge in [-0.15, -0.1) is 0 Å². The van der Waals surface area contributed by atoms with Crippen molar-refractivity contribution in [2.24, 2.45) is 0 Å². The van der Waals surface area contributed by atoms with Crippen molar-refractivity contribution in [3.63, 3.8) is 0 Å². The third-order valence-corrected chi connectivity index (χ3v) is 7.70. The molecule has 0 unspecified atom stereocenters. The smallest absolute Gasteiger partial charge is 0.333 e. The molecule has 0 heterocycles. The second-order valence-electron chi connectivity index (χ2n) is 7.60. The van der Waals surface area contributed by atoms with Crippen LogP contribution >= 0.6 is 0 Å². The molecule has 0 atom stereocenters. The van der Waals surface area contributed by atoms with Crippen LogP contribution in [0.4, 0.5) is 21.0 Å². The average molecular weight is 535 g/mol. The van der Waals surface area contributed by atoms with E-state index in [0.717, 1.165) is 12.1 Å². The molecule has 0 saturated carbocycles. The van der Waals surface area contributed by atoms with Gasteiger partial charge in [-0.1, -0.05) is 18.2 Å². The van der Waals surface area contributed by atoms with Crippen LogP contribution in [-0.4, -0.2) is 39.1 Å². The molecule has 36 heavy (non-hydrogen) atoms. The van der Waals surface area contributed by atoms with Crippen molar-refractivity contribution in [3.8, 4) is 11.5 Å². The molecule has 190 valence electrons. The number of anilines is 2. The first-order chi connectivity index (χ1) is 16.8. The molecule has 3 rings (SSSR count). The number of phenolic OH excluding ortho intramolecular Hbond substituents is 2. The number of carbonyl (C=O) groups is 2. The largest absolute Gasteiger partial charge is 0.508 e. The number of aromatic hydroxyl groups is 2. The highest BCUT2D eigenvalue weighted by Crippen LogP contribution is 2.22. The fourth-order valence-corrected chi connectivity index (χ4v) is 5.44. The molecule has 0 aromatic heterocycles. The zero-order valence-electron chi connectivity index (χ0n) is 18.9.